The molecule has 1 saturated heterocycles. The highest BCUT2D eigenvalue weighted by molar-refractivity contribution is 7.20. The second kappa shape index (κ2) is 5.09. The predicted octanol–water partition coefficient (Wildman–Crippen LogP) is 2.56. The Morgan fingerprint density at radius 3 is 3.00 bits per heavy atom. The molecule has 21 heavy (non-hydrogen) atoms. The molecule has 1 saturated carbocycles. The number of rotatable bonds is 1. The Kier molecular flexibility index (Phi) is 3.21. The van der Waals surface area contributed by atoms with E-state index in [4.69, 9.17) is 0 Å². The molecule has 4 rings (SSSR count). The van der Waals surface area contributed by atoms with Crippen LogP contribution in [0.1, 0.15) is 39.0 Å². The van der Waals surface area contributed by atoms with Crippen molar-refractivity contribution < 1.29 is 0 Å². The second-order valence-electron chi connectivity index (χ2n) is 6.34. The van der Waals surface area contributed by atoms with Gasteiger partial charge < -0.3 is 4.90 Å². The molecule has 0 radical (unpaired) electrons. The van der Waals surface area contributed by atoms with Crippen LogP contribution in [0.3, 0.4) is 0 Å². The minimum atomic E-state index is -0.0897. The van der Waals surface area contributed by atoms with Crippen molar-refractivity contribution in [1.29, 1.82) is 0 Å². The first-order chi connectivity index (χ1) is 10.2. The van der Waals surface area contributed by atoms with Gasteiger partial charge in [0.05, 0.1) is 0 Å². The monoisotopic (exact) mass is 304 g/mol. The Hall–Kier alpha value is -1.43. The molecule has 1 aliphatic carbocycles. The highest BCUT2D eigenvalue weighted by Gasteiger charge is 2.38. The maximum absolute atomic E-state index is 11.9. The van der Waals surface area contributed by atoms with Crippen molar-refractivity contribution in [2.24, 2.45) is 11.8 Å². The van der Waals surface area contributed by atoms with Crippen molar-refractivity contribution in [3.8, 4) is 0 Å². The van der Waals surface area contributed by atoms with E-state index in [-0.39, 0.29) is 5.56 Å². The molecule has 5 nitrogen and oxygen atoms in total. The molecule has 0 N–H and O–H groups in total. The van der Waals surface area contributed by atoms with Crippen molar-refractivity contribution in [2.75, 3.05) is 11.4 Å². The molecule has 0 spiro atoms. The third kappa shape index (κ3) is 2.16. The summed E-state index contributed by atoms with van der Waals surface area (Å²) in [5.74, 6) is 1.59. The first kappa shape index (κ1) is 13.2. The molecular weight excluding hydrogens is 284 g/mol. The molecule has 3 atom stereocenters. The first-order valence-electron chi connectivity index (χ1n) is 7.85. The second-order valence-corrected chi connectivity index (χ2v) is 7.27. The van der Waals surface area contributed by atoms with Crippen LogP contribution in [0.25, 0.3) is 4.96 Å². The number of anilines is 1. The summed E-state index contributed by atoms with van der Waals surface area (Å²) in [6, 6.07) is 2.07. The SMILES string of the molecule is C[C@@H]1CCN(c2nn3c(=O)ccnc3s2)[C@@H]2CCCC[C@H]12. The van der Waals surface area contributed by atoms with Crippen LogP contribution in [-0.2, 0) is 0 Å². The molecule has 3 heterocycles. The fraction of sp³-hybridized carbons (Fsp3) is 0.667. The number of fused-ring (bicyclic) bond motifs is 2. The average Bonchev–Trinajstić information content (AvgIpc) is 2.93. The summed E-state index contributed by atoms with van der Waals surface area (Å²) in [6.45, 7) is 3.45. The van der Waals surface area contributed by atoms with Crippen LogP contribution in [-0.4, -0.2) is 27.2 Å². The van der Waals surface area contributed by atoms with E-state index in [0.29, 0.717) is 11.0 Å². The zero-order valence-electron chi connectivity index (χ0n) is 12.2. The average molecular weight is 304 g/mol. The summed E-state index contributed by atoms with van der Waals surface area (Å²) in [5, 5.41) is 5.51. The van der Waals surface area contributed by atoms with Crippen LogP contribution in [0.15, 0.2) is 17.1 Å². The molecule has 0 aromatic carbocycles. The summed E-state index contributed by atoms with van der Waals surface area (Å²) >= 11 is 1.54. The maximum atomic E-state index is 11.9. The molecule has 0 amide bonds. The fourth-order valence-electron chi connectivity index (χ4n) is 4.00. The smallest absolute Gasteiger partial charge is 0.275 e. The van der Waals surface area contributed by atoms with E-state index in [0.717, 1.165) is 23.5 Å². The maximum Gasteiger partial charge on any atom is 0.275 e. The normalized spacial score (nSPS) is 29.6. The van der Waals surface area contributed by atoms with Crippen molar-refractivity contribution in [1.82, 2.24) is 14.6 Å². The molecule has 1 aliphatic heterocycles. The highest BCUT2D eigenvalue weighted by atomic mass is 32.1. The third-order valence-electron chi connectivity index (χ3n) is 5.14. The fourth-order valence-corrected chi connectivity index (χ4v) is 4.96. The Morgan fingerprint density at radius 2 is 2.14 bits per heavy atom. The lowest BCUT2D eigenvalue weighted by molar-refractivity contribution is 0.177. The quantitative estimate of drug-likeness (QED) is 0.812. The predicted molar refractivity (Wildman–Crippen MR) is 84.0 cm³/mol. The van der Waals surface area contributed by atoms with Gasteiger partial charge in [-0.15, -0.1) is 5.10 Å². The van der Waals surface area contributed by atoms with Gasteiger partial charge in [0.15, 0.2) is 0 Å². The van der Waals surface area contributed by atoms with Gasteiger partial charge in [0.25, 0.3) is 5.56 Å². The van der Waals surface area contributed by atoms with Gasteiger partial charge in [-0.05, 0) is 31.1 Å². The summed E-state index contributed by atoms with van der Waals surface area (Å²) in [7, 11) is 0. The summed E-state index contributed by atoms with van der Waals surface area (Å²) in [6.07, 6.45) is 8.06. The zero-order valence-corrected chi connectivity index (χ0v) is 13.1. The number of nitrogens with zero attached hydrogens (tertiary/aromatic N) is 4. The van der Waals surface area contributed by atoms with Gasteiger partial charge in [-0.1, -0.05) is 31.1 Å². The first-order valence-corrected chi connectivity index (χ1v) is 8.67. The van der Waals surface area contributed by atoms with Crippen LogP contribution < -0.4 is 10.5 Å². The van der Waals surface area contributed by atoms with Crippen molar-refractivity contribution in [2.45, 2.75) is 45.1 Å². The standard InChI is InChI=1S/C15H20N4OS/c1-10-7-9-18(12-5-3-2-4-11(10)12)15-17-19-13(20)6-8-16-14(19)21-15/h6,8,10-12H,2-5,7,9H2,1H3/t10-,11-,12-/m1/s1. The lowest BCUT2D eigenvalue weighted by Crippen LogP contribution is -2.50. The number of piperidine rings is 1. The Bertz CT molecular complexity index is 709. The third-order valence-corrected chi connectivity index (χ3v) is 6.10. The molecule has 2 aliphatic rings. The Labute approximate surface area is 127 Å². The van der Waals surface area contributed by atoms with Crippen LogP contribution in [0.4, 0.5) is 5.13 Å². The Morgan fingerprint density at radius 1 is 1.29 bits per heavy atom. The summed E-state index contributed by atoms with van der Waals surface area (Å²) in [4.78, 5) is 19.3. The molecular formula is C15H20N4OS. The van der Waals surface area contributed by atoms with E-state index < -0.39 is 0 Å². The van der Waals surface area contributed by atoms with Gasteiger partial charge in [-0.25, -0.2) is 4.98 Å². The lowest BCUT2D eigenvalue weighted by atomic mass is 9.73. The van der Waals surface area contributed by atoms with Crippen LogP contribution >= 0.6 is 11.3 Å². The topological polar surface area (TPSA) is 50.5 Å². The minimum Gasteiger partial charge on any atom is -0.343 e. The van der Waals surface area contributed by atoms with Crippen molar-refractivity contribution >= 4 is 21.4 Å². The van der Waals surface area contributed by atoms with Crippen molar-refractivity contribution in [3.05, 3.63) is 22.6 Å². The van der Waals surface area contributed by atoms with Crippen LogP contribution in [0.2, 0.25) is 0 Å². The zero-order chi connectivity index (χ0) is 14.4. The molecule has 0 bridgehead atoms. The van der Waals surface area contributed by atoms with Gasteiger partial charge in [0.1, 0.15) is 0 Å². The van der Waals surface area contributed by atoms with E-state index >= 15 is 0 Å². The van der Waals surface area contributed by atoms with E-state index in [2.05, 4.69) is 21.9 Å². The summed E-state index contributed by atoms with van der Waals surface area (Å²) < 4.78 is 1.44. The van der Waals surface area contributed by atoms with E-state index in [1.54, 1.807) is 17.5 Å². The van der Waals surface area contributed by atoms with Gasteiger partial charge >= 0.3 is 0 Å². The van der Waals surface area contributed by atoms with Gasteiger partial charge in [0.2, 0.25) is 10.1 Å². The van der Waals surface area contributed by atoms with E-state index in [1.165, 1.54) is 42.7 Å². The van der Waals surface area contributed by atoms with Gasteiger partial charge in [0, 0.05) is 24.8 Å². The molecule has 2 fully saturated rings. The minimum absolute atomic E-state index is 0.0897. The molecule has 2 aromatic heterocycles. The molecule has 0 unspecified atom stereocenters. The molecule has 112 valence electrons. The number of aromatic nitrogens is 3. The largest absolute Gasteiger partial charge is 0.343 e. The highest BCUT2D eigenvalue weighted by Crippen LogP contribution is 2.41. The van der Waals surface area contributed by atoms with Crippen LogP contribution in [0, 0.1) is 11.8 Å². The van der Waals surface area contributed by atoms with Gasteiger partial charge in [-0.3, -0.25) is 4.79 Å². The van der Waals surface area contributed by atoms with E-state index in [9.17, 15) is 4.79 Å². The van der Waals surface area contributed by atoms with E-state index in [1.807, 2.05) is 0 Å². The van der Waals surface area contributed by atoms with Crippen LogP contribution in [0.5, 0.6) is 0 Å². The Balaban J connectivity index is 1.73. The molecule has 6 heteroatoms. The number of hydrogen-bond acceptors (Lipinski definition) is 5. The van der Waals surface area contributed by atoms with Gasteiger partial charge in [-0.2, -0.15) is 4.52 Å². The summed E-state index contributed by atoms with van der Waals surface area (Å²) in [5.41, 5.74) is -0.0897. The number of hydrogen-bond donors (Lipinski definition) is 0. The van der Waals surface area contributed by atoms with Crippen molar-refractivity contribution in [3.63, 3.8) is 0 Å². The lowest BCUT2D eigenvalue weighted by Gasteiger charge is -2.47. The molecule has 2 aromatic rings.